The molecule has 0 spiro atoms. The lowest BCUT2D eigenvalue weighted by Gasteiger charge is -2.21. The average molecular weight is 378 g/mol. The third kappa shape index (κ3) is 9.22. The Morgan fingerprint density at radius 3 is 2.59 bits per heavy atom. The summed E-state index contributed by atoms with van der Waals surface area (Å²) < 4.78 is 16.3. The van der Waals surface area contributed by atoms with Crippen LogP contribution in [-0.4, -0.2) is 52.6 Å². The fourth-order valence-electron chi connectivity index (χ4n) is 2.96. The molecule has 1 heterocycles. The van der Waals surface area contributed by atoms with Crippen LogP contribution in [0.15, 0.2) is 29.3 Å². The standard InChI is InChI=1S/C21H35N3O3/c1-3-22-21(24-15-18-5-7-19(8-6-18)16-25-2)23-11-4-12-27-17-20-9-13-26-14-10-20/h5-8,20H,3-4,9-17H2,1-2H3,(H2,22,23,24). The fraction of sp³-hybridized carbons (Fsp3) is 0.667. The van der Waals surface area contributed by atoms with Gasteiger partial charge in [0.25, 0.3) is 0 Å². The second kappa shape index (κ2) is 13.5. The van der Waals surface area contributed by atoms with Crippen LogP contribution in [0, 0.1) is 5.92 Å². The largest absolute Gasteiger partial charge is 0.381 e. The number of guanidine groups is 1. The molecule has 152 valence electrons. The zero-order chi connectivity index (χ0) is 19.2. The number of hydrogen-bond acceptors (Lipinski definition) is 4. The van der Waals surface area contributed by atoms with Crippen LogP contribution in [0.4, 0.5) is 0 Å². The van der Waals surface area contributed by atoms with Crippen LogP contribution in [0.1, 0.15) is 37.3 Å². The van der Waals surface area contributed by atoms with Gasteiger partial charge in [0.15, 0.2) is 5.96 Å². The van der Waals surface area contributed by atoms with Crippen molar-refractivity contribution < 1.29 is 14.2 Å². The third-order valence-electron chi connectivity index (χ3n) is 4.55. The van der Waals surface area contributed by atoms with Crippen LogP contribution in [0.2, 0.25) is 0 Å². The molecule has 6 heteroatoms. The third-order valence-corrected chi connectivity index (χ3v) is 4.55. The van der Waals surface area contributed by atoms with Crippen LogP contribution >= 0.6 is 0 Å². The lowest BCUT2D eigenvalue weighted by Crippen LogP contribution is -2.38. The van der Waals surface area contributed by atoms with E-state index in [2.05, 4.69) is 46.8 Å². The zero-order valence-corrected chi connectivity index (χ0v) is 16.8. The van der Waals surface area contributed by atoms with Crippen LogP contribution < -0.4 is 10.6 Å². The van der Waals surface area contributed by atoms with E-state index < -0.39 is 0 Å². The van der Waals surface area contributed by atoms with E-state index in [9.17, 15) is 0 Å². The molecular weight excluding hydrogens is 342 g/mol. The summed E-state index contributed by atoms with van der Waals surface area (Å²) in [6.07, 6.45) is 3.23. The first-order valence-corrected chi connectivity index (χ1v) is 10.1. The summed E-state index contributed by atoms with van der Waals surface area (Å²) in [7, 11) is 1.71. The first-order chi connectivity index (χ1) is 13.3. The van der Waals surface area contributed by atoms with Gasteiger partial charge in [-0.05, 0) is 43.2 Å². The van der Waals surface area contributed by atoms with Gasteiger partial charge < -0.3 is 24.8 Å². The van der Waals surface area contributed by atoms with E-state index in [4.69, 9.17) is 14.2 Å². The first-order valence-electron chi connectivity index (χ1n) is 10.1. The van der Waals surface area contributed by atoms with Crippen LogP contribution in [0.3, 0.4) is 0 Å². The van der Waals surface area contributed by atoms with Gasteiger partial charge in [0.05, 0.1) is 13.2 Å². The first kappa shape index (κ1) is 21.7. The van der Waals surface area contributed by atoms with Crippen molar-refractivity contribution in [2.45, 2.75) is 39.3 Å². The molecule has 6 nitrogen and oxygen atoms in total. The van der Waals surface area contributed by atoms with Gasteiger partial charge in [-0.25, -0.2) is 4.99 Å². The molecule has 1 fully saturated rings. The second-order valence-corrected chi connectivity index (χ2v) is 6.86. The monoisotopic (exact) mass is 377 g/mol. The summed E-state index contributed by atoms with van der Waals surface area (Å²) in [5.74, 6) is 1.52. The molecule has 2 rings (SSSR count). The van der Waals surface area contributed by atoms with Crippen LogP contribution in [0.25, 0.3) is 0 Å². The van der Waals surface area contributed by atoms with Crippen molar-refractivity contribution in [3.8, 4) is 0 Å². The summed E-state index contributed by atoms with van der Waals surface area (Å²) in [6, 6.07) is 8.38. The Kier molecular flexibility index (Phi) is 10.9. The highest BCUT2D eigenvalue weighted by Gasteiger charge is 2.13. The van der Waals surface area contributed by atoms with Crippen molar-refractivity contribution in [1.29, 1.82) is 0 Å². The number of nitrogens with zero attached hydrogens (tertiary/aromatic N) is 1. The Labute approximate surface area is 163 Å². The fourth-order valence-corrected chi connectivity index (χ4v) is 2.96. The number of nitrogens with one attached hydrogen (secondary N) is 2. The van der Waals surface area contributed by atoms with Crippen molar-refractivity contribution >= 4 is 5.96 Å². The summed E-state index contributed by atoms with van der Waals surface area (Å²) >= 11 is 0. The molecule has 0 amide bonds. The summed E-state index contributed by atoms with van der Waals surface area (Å²) in [5, 5.41) is 6.67. The predicted octanol–water partition coefficient (Wildman–Crippen LogP) is 2.72. The summed E-state index contributed by atoms with van der Waals surface area (Å²) in [5.41, 5.74) is 2.36. The van der Waals surface area contributed by atoms with Crippen LogP contribution in [0.5, 0.6) is 0 Å². The highest BCUT2D eigenvalue weighted by molar-refractivity contribution is 5.79. The minimum Gasteiger partial charge on any atom is -0.381 e. The number of aliphatic imine (C=N–C) groups is 1. The number of methoxy groups -OCH3 is 1. The quantitative estimate of drug-likeness (QED) is 0.353. The van der Waals surface area contributed by atoms with Crippen molar-refractivity contribution in [3.63, 3.8) is 0 Å². The van der Waals surface area contributed by atoms with Gasteiger partial charge in [-0.15, -0.1) is 0 Å². The van der Waals surface area contributed by atoms with E-state index >= 15 is 0 Å². The van der Waals surface area contributed by atoms with Gasteiger partial charge in [0, 0.05) is 46.6 Å². The molecule has 27 heavy (non-hydrogen) atoms. The molecule has 1 aromatic rings. The number of rotatable bonds is 11. The maximum atomic E-state index is 5.81. The number of benzene rings is 1. The van der Waals surface area contributed by atoms with Crippen molar-refractivity contribution in [2.24, 2.45) is 10.9 Å². The Bertz CT molecular complexity index is 528. The van der Waals surface area contributed by atoms with Gasteiger partial charge >= 0.3 is 0 Å². The van der Waals surface area contributed by atoms with Crippen molar-refractivity contribution in [1.82, 2.24) is 10.6 Å². The summed E-state index contributed by atoms with van der Waals surface area (Å²) in [4.78, 5) is 4.66. The summed E-state index contributed by atoms with van der Waals surface area (Å²) in [6.45, 7) is 8.48. The molecule has 0 bridgehead atoms. The minimum absolute atomic E-state index is 0.643. The molecule has 0 radical (unpaired) electrons. The highest BCUT2D eigenvalue weighted by Crippen LogP contribution is 2.14. The molecule has 0 unspecified atom stereocenters. The Morgan fingerprint density at radius 2 is 1.89 bits per heavy atom. The average Bonchev–Trinajstić information content (AvgIpc) is 2.70. The van der Waals surface area contributed by atoms with E-state index in [0.717, 1.165) is 64.7 Å². The Morgan fingerprint density at radius 1 is 1.15 bits per heavy atom. The molecule has 0 saturated carbocycles. The minimum atomic E-state index is 0.643. The normalized spacial score (nSPS) is 15.7. The molecular formula is C21H35N3O3. The molecule has 0 atom stereocenters. The van der Waals surface area contributed by atoms with E-state index in [1.807, 2.05) is 0 Å². The molecule has 1 saturated heterocycles. The van der Waals surface area contributed by atoms with Crippen molar-refractivity contribution in [2.75, 3.05) is 46.6 Å². The molecule has 1 aliphatic rings. The van der Waals surface area contributed by atoms with Gasteiger partial charge in [-0.3, -0.25) is 0 Å². The molecule has 1 aliphatic heterocycles. The number of ether oxygens (including phenoxy) is 3. The van der Waals surface area contributed by atoms with E-state index in [1.54, 1.807) is 7.11 Å². The molecule has 2 N–H and O–H groups in total. The lowest BCUT2D eigenvalue weighted by molar-refractivity contribution is 0.0203. The topological polar surface area (TPSA) is 64.1 Å². The van der Waals surface area contributed by atoms with Crippen LogP contribution in [-0.2, 0) is 27.4 Å². The van der Waals surface area contributed by atoms with Crippen molar-refractivity contribution in [3.05, 3.63) is 35.4 Å². The lowest BCUT2D eigenvalue weighted by atomic mass is 10.0. The molecule has 0 aliphatic carbocycles. The van der Waals surface area contributed by atoms with Gasteiger partial charge in [0.2, 0.25) is 0 Å². The van der Waals surface area contributed by atoms with E-state index in [-0.39, 0.29) is 0 Å². The van der Waals surface area contributed by atoms with Gasteiger partial charge in [-0.1, -0.05) is 24.3 Å². The maximum Gasteiger partial charge on any atom is 0.191 e. The zero-order valence-electron chi connectivity index (χ0n) is 16.8. The molecule has 0 aromatic heterocycles. The van der Waals surface area contributed by atoms with E-state index in [0.29, 0.717) is 19.1 Å². The number of hydrogen-bond donors (Lipinski definition) is 2. The smallest absolute Gasteiger partial charge is 0.191 e. The maximum absolute atomic E-state index is 5.81. The Balaban J connectivity index is 1.63. The SMILES string of the molecule is CCNC(=NCc1ccc(COC)cc1)NCCCOCC1CCOCC1. The Hall–Kier alpha value is -1.63. The van der Waals surface area contributed by atoms with Gasteiger partial charge in [0.1, 0.15) is 0 Å². The molecule has 1 aromatic carbocycles. The predicted molar refractivity (Wildman–Crippen MR) is 109 cm³/mol. The second-order valence-electron chi connectivity index (χ2n) is 6.86. The van der Waals surface area contributed by atoms with E-state index in [1.165, 1.54) is 11.1 Å². The van der Waals surface area contributed by atoms with Gasteiger partial charge in [-0.2, -0.15) is 0 Å². The highest BCUT2D eigenvalue weighted by atomic mass is 16.5.